The molecule has 0 aliphatic heterocycles. The topological polar surface area (TPSA) is 81.8 Å². The monoisotopic (exact) mass is 410 g/mol. The Labute approximate surface area is 173 Å². The van der Waals surface area contributed by atoms with Crippen LogP contribution in [0.5, 0.6) is 0 Å². The third-order valence-electron chi connectivity index (χ3n) is 5.24. The summed E-state index contributed by atoms with van der Waals surface area (Å²) in [5, 5.41) is 10.7. The van der Waals surface area contributed by atoms with Crippen molar-refractivity contribution in [1.82, 2.24) is 20.2 Å². The summed E-state index contributed by atoms with van der Waals surface area (Å²) in [4.78, 5) is 22.7. The molecule has 0 spiro atoms. The number of nitrogens with zero attached hydrogens (tertiary/aromatic N) is 4. The summed E-state index contributed by atoms with van der Waals surface area (Å²) in [5.74, 6) is 0.326. The van der Waals surface area contributed by atoms with Gasteiger partial charge in [-0.2, -0.15) is 0 Å². The van der Waals surface area contributed by atoms with Crippen LogP contribution in [0.3, 0.4) is 0 Å². The Morgan fingerprint density at radius 2 is 1.67 bits per heavy atom. The second kappa shape index (κ2) is 6.14. The molecule has 0 saturated heterocycles. The van der Waals surface area contributed by atoms with Gasteiger partial charge in [0.1, 0.15) is 26.1 Å². The van der Waals surface area contributed by atoms with Crippen LogP contribution in [0.1, 0.15) is 11.5 Å². The summed E-state index contributed by atoms with van der Waals surface area (Å²) in [7, 11) is 0. The van der Waals surface area contributed by atoms with Crippen LogP contribution in [-0.4, -0.2) is 20.2 Å². The smallest absolute Gasteiger partial charge is 0.357 e. The summed E-state index contributed by atoms with van der Waals surface area (Å²) in [5.41, 5.74) is 5.47. The molecule has 0 radical (unpaired) electrons. The molecule has 6 rings (SSSR count). The molecule has 4 aromatic heterocycles. The number of hydrogen-bond acceptors (Lipinski definition) is 7. The Balaban J connectivity index is 1.92. The van der Waals surface area contributed by atoms with Gasteiger partial charge in [0.2, 0.25) is 0 Å². The van der Waals surface area contributed by atoms with Gasteiger partial charge in [0, 0.05) is 23.3 Å². The number of benzene rings is 2. The fraction of sp³-hybridized carbons (Fsp3) is 0.0870. The van der Waals surface area contributed by atoms with Gasteiger partial charge in [0.05, 0.1) is 5.52 Å². The van der Waals surface area contributed by atoms with Crippen LogP contribution in [0.25, 0.3) is 53.5 Å². The molecular weight excluding hydrogens is 396 g/mol. The first-order chi connectivity index (χ1) is 14.6. The largest absolute Gasteiger partial charge is 0.408 e. The first-order valence-electron chi connectivity index (χ1n) is 9.46. The molecule has 0 atom stereocenters. The molecule has 0 saturated carbocycles. The molecule has 0 aliphatic carbocycles. The Morgan fingerprint density at radius 3 is 2.50 bits per heavy atom. The highest BCUT2D eigenvalue weighted by molar-refractivity contribution is 7.25. The van der Waals surface area contributed by atoms with Crippen LogP contribution >= 0.6 is 11.3 Å². The van der Waals surface area contributed by atoms with Gasteiger partial charge in [-0.15, -0.1) is 21.5 Å². The summed E-state index contributed by atoms with van der Waals surface area (Å²) >= 11 is 1.30. The third kappa shape index (κ3) is 2.39. The van der Waals surface area contributed by atoms with Crippen LogP contribution in [0, 0.1) is 13.8 Å². The molecule has 0 unspecified atom stereocenters. The Kier molecular flexibility index (Phi) is 3.52. The van der Waals surface area contributed by atoms with Crippen LogP contribution in [-0.2, 0) is 0 Å². The molecule has 0 aliphatic rings. The standard InChI is InChI=1S/C23H14N4O2S/c1-11-7-9-13(10-8-11)16-17-20-21(23(28)29-12(2)24-20)30-22(17)25-18-14-5-3-4-6-15(14)26-27-19(16)18/h3-10H,1-2H3. The van der Waals surface area contributed by atoms with Crippen molar-refractivity contribution in [3.63, 3.8) is 0 Å². The molecule has 0 N–H and O–H groups in total. The number of rotatable bonds is 1. The van der Waals surface area contributed by atoms with E-state index in [-0.39, 0.29) is 0 Å². The van der Waals surface area contributed by atoms with Gasteiger partial charge in [-0.3, -0.25) is 0 Å². The minimum Gasteiger partial charge on any atom is -0.408 e. The van der Waals surface area contributed by atoms with E-state index in [4.69, 9.17) is 9.40 Å². The van der Waals surface area contributed by atoms with Gasteiger partial charge in [0.25, 0.3) is 0 Å². The van der Waals surface area contributed by atoms with Gasteiger partial charge in [-0.05, 0) is 18.6 Å². The average molecular weight is 410 g/mol. The molecule has 6 nitrogen and oxygen atoms in total. The first-order valence-corrected chi connectivity index (χ1v) is 10.3. The molecule has 2 aromatic carbocycles. The van der Waals surface area contributed by atoms with Crippen LogP contribution in [0.4, 0.5) is 0 Å². The van der Waals surface area contributed by atoms with Gasteiger partial charge in [0.15, 0.2) is 5.89 Å². The van der Waals surface area contributed by atoms with Crippen molar-refractivity contribution in [2.75, 3.05) is 0 Å². The molecular formula is C23H14N4O2S. The molecule has 30 heavy (non-hydrogen) atoms. The number of aromatic nitrogens is 4. The molecule has 7 heteroatoms. The summed E-state index contributed by atoms with van der Waals surface area (Å²) in [6, 6.07) is 16.0. The summed E-state index contributed by atoms with van der Waals surface area (Å²) in [6.45, 7) is 3.73. The lowest BCUT2D eigenvalue weighted by molar-refractivity contribution is 0.468. The lowest BCUT2D eigenvalue weighted by Gasteiger charge is -2.10. The highest BCUT2D eigenvalue weighted by atomic mass is 32.1. The van der Waals surface area contributed by atoms with Crippen molar-refractivity contribution in [2.45, 2.75) is 13.8 Å². The van der Waals surface area contributed by atoms with Crippen molar-refractivity contribution >= 4 is 53.7 Å². The van der Waals surface area contributed by atoms with E-state index in [2.05, 4.69) is 39.4 Å². The molecule has 144 valence electrons. The molecule has 6 aromatic rings. The maximum atomic E-state index is 12.5. The molecule has 4 heterocycles. The Bertz CT molecular complexity index is 1680. The van der Waals surface area contributed by atoms with Gasteiger partial charge in [-0.25, -0.2) is 14.8 Å². The number of thiophene rings is 1. The van der Waals surface area contributed by atoms with E-state index in [1.165, 1.54) is 11.3 Å². The van der Waals surface area contributed by atoms with Crippen molar-refractivity contribution in [3.05, 3.63) is 70.4 Å². The van der Waals surface area contributed by atoms with E-state index in [1.807, 2.05) is 31.2 Å². The normalized spacial score (nSPS) is 11.8. The fourth-order valence-electron chi connectivity index (χ4n) is 3.86. The quantitative estimate of drug-likeness (QED) is 0.348. The van der Waals surface area contributed by atoms with Crippen LogP contribution in [0.15, 0.2) is 57.7 Å². The van der Waals surface area contributed by atoms with E-state index in [0.717, 1.165) is 43.3 Å². The third-order valence-corrected chi connectivity index (χ3v) is 6.29. The average Bonchev–Trinajstić information content (AvgIpc) is 3.11. The van der Waals surface area contributed by atoms with E-state index in [9.17, 15) is 4.79 Å². The van der Waals surface area contributed by atoms with E-state index in [0.29, 0.717) is 21.6 Å². The van der Waals surface area contributed by atoms with Crippen LogP contribution < -0.4 is 5.63 Å². The van der Waals surface area contributed by atoms with Crippen molar-refractivity contribution in [1.29, 1.82) is 0 Å². The second-order valence-electron chi connectivity index (χ2n) is 7.25. The highest BCUT2D eigenvalue weighted by Gasteiger charge is 2.22. The predicted octanol–water partition coefficient (Wildman–Crippen LogP) is 5.18. The van der Waals surface area contributed by atoms with Crippen LogP contribution in [0.2, 0.25) is 0 Å². The predicted molar refractivity (Wildman–Crippen MR) is 119 cm³/mol. The first kappa shape index (κ1) is 17.2. The van der Waals surface area contributed by atoms with Crippen molar-refractivity contribution < 1.29 is 4.42 Å². The number of pyridine rings is 1. The van der Waals surface area contributed by atoms with E-state index < -0.39 is 5.63 Å². The number of fused-ring (bicyclic) bond motifs is 6. The molecule has 0 fully saturated rings. The Morgan fingerprint density at radius 1 is 0.867 bits per heavy atom. The Hall–Kier alpha value is -3.71. The lowest BCUT2D eigenvalue weighted by Crippen LogP contribution is -2.00. The van der Waals surface area contributed by atoms with Gasteiger partial charge < -0.3 is 4.42 Å². The molecule has 0 amide bonds. The minimum absolute atomic E-state index is 0.326. The summed E-state index contributed by atoms with van der Waals surface area (Å²) in [6.07, 6.45) is 0. The highest BCUT2D eigenvalue weighted by Crippen LogP contribution is 2.41. The van der Waals surface area contributed by atoms with Crippen molar-refractivity contribution in [3.8, 4) is 11.1 Å². The lowest BCUT2D eigenvalue weighted by atomic mass is 9.99. The maximum absolute atomic E-state index is 12.5. The van der Waals surface area contributed by atoms with E-state index in [1.54, 1.807) is 6.92 Å². The number of hydrogen-bond donors (Lipinski definition) is 0. The zero-order valence-electron chi connectivity index (χ0n) is 16.1. The zero-order chi connectivity index (χ0) is 20.4. The molecule has 0 bridgehead atoms. The second-order valence-corrected chi connectivity index (χ2v) is 8.25. The SMILES string of the molecule is Cc1ccc(-c2c3nnc4ccccc4c3nc3sc4c(=O)oc(C)nc4c23)cc1. The van der Waals surface area contributed by atoms with E-state index >= 15 is 0 Å². The van der Waals surface area contributed by atoms with Crippen molar-refractivity contribution in [2.24, 2.45) is 0 Å². The fourth-order valence-corrected chi connectivity index (χ4v) is 4.86. The van der Waals surface area contributed by atoms with Gasteiger partial charge >= 0.3 is 5.63 Å². The maximum Gasteiger partial charge on any atom is 0.357 e. The zero-order valence-corrected chi connectivity index (χ0v) is 16.9. The van der Waals surface area contributed by atoms with Gasteiger partial charge in [-0.1, -0.05) is 48.0 Å². The number of aryl methyl sites for hydroxylation is 2. The summed E-state index contributed by atoms with van der Waals surface area (Å²) < 4.78 is 5.70. The minimum atomic E-state index is -0.393.